The van der Waals surface area contributed by atoms with Crippen molar-refractivity contribution in [2.24, 2.45) is 0 Å². The highest BCUT2D eigenvalue weighted by atomic mass is 15.0. The predicted molar refractivity (Wildman–Crippen MR) is 82.6 cm³/mol. The lowest BCUT2D eigenvalue weighted by atomic mass is 10.0. The van der Waals surface area contributed by atoms with E-state index < -0.39 is 0 Å². The lowest BCUT2D eigenvalue weighted by molar-refractivity contribution is 0.968. The number of pyridine rings is 1. The van der Waals surface area contributed by atoms with Crippen molar-refractivity contribution in [2.75, 3.05) is 11.9 Å². The van der Waals surface area contributed by atoms with Crippen LogP contribution in [0.2, 0.25) is 0 Å². The smallest absolute Gasteiger partial charge is 0.144 e. The van der Waals surface area contributed by atoms with Gasteiger partial charge in [-0.2, -0.15) is 5.26 Å². The number of nitrogens with zero attached hydrogens (tertiary/aromatic N) is 2. The monoisotopic (exact) mass is 265 g/mol. The summed E-state index contributed by atoms with van der Waals surface area (Å²) in [5.41, 5.74) is 5.01. The molecule has 1 heterocycles. The van der Waals surface area contributed by atoms with Gasteiger partial charge in [-0.25, -0.2) is 4.98 Å². The third-order valence-electron chi connectivity index (χ3n) is 3.23. The summed E-state index contributed by atoms with van der Waals surface area (Å²) >= 11 is 0. The van der Waals surface area contributed by atoms with Gasteiger partial charge >= 0.3 is 0 Å². The molecule has 1 aromatic heterocycles. The Hall–Kier alpha value is -2.34. The normalized spacial score (nSPS) is 10.1. The molecule has 1 N–H and O–H groups in total. The Bertz CT molecular complexity index is 654. The summed E-state index contributed by atoms with van der Waals surface area (Å²) in [6, 6.07) is 12.3. The molecule has 0 aliphatic heterocycles. The third kappa shape index (κ3) is 2.97. The predicted octanol–water partition coefficient (Wildman–Crippen LogP) is 4.06. The lowest BCUT2D eigenvalue weighted by Gasteiger charge is -2.11. The van der Waals surface area contributed by atoms with Crippen LogP contribution in [0, 0.1) is 25.2 Å². The molecule has 0 saturated carbocycles. The molecule has 0 unspecified atom stereocenters. The van der Waals surface area contributed by atoms with Gasteiger partial charge in [0, 0.05) is 12.1 Å². The SMILES string of the molecule is CCCNc1nc(-c2cc(C)ccc2C)ccc1C#N. The summed E-state index contributed by atoms with van der Waals surface area (Å²) in [5, 5.41) is 12.4. The van der Waals surface area contributed by atoms with E-state index in [-0.39, 0.29) is 0 Å². The van der Waals surface area contributed by atoms with Crippen molar-refractivity contribution in [2.45, 2.75) is 27.2 Å². The van der Waals surface area contributed by atoms with Crippen molar-refractivity contribution in [3.05, 3.63) is 47.0 Å². The summed E-state index contributed by atoms with van der Waals surface area (Å²) in [6.07, 6.45) is 1.00. The second-order valence-corrected chi connectivity index (χ2v) is 4.95. The quantitative estimate of drug-likeness (QED) is 0.907. The summed E-state index contributed by atoms with van der Waals surface area (Å²) in [6.45, 7) is 7.06. The first-order valence-electron chi connectivity index (χ1n) is 6.88. The first-order chi connectivity index (χ1) is 9.65. The highest BCUT2D eigenvalue weighted by Crippen LogP contribution is 2.25. The van der Waals surface area contributed by atoms with Crippen molar-refractivity contribution in [3.63, 3.8) is 0 Å². The van der Waals surface area contributed by atoms with Crippen LogP contribution in [0.15, 0.2) is 30.3 Å². The molecule has 0 radical (unpaired) electrons. The zero-order valence-corrected chi connectivity index (χ0v) is 12.2. The molecule has 2 aromatic rings. The Morgan fingerprint density at radius 2 is 2.00 bits per heavy atom. The molecule has 0 saturated heterocycles. The van der Waals surface area contributed by atoms with Crippen LogP contribution in [-0.4, -0.2) is 11.5 Å². The van der Waals surface area contributed by atoms with Gasteiger partial charge < -0.3 is 5.32 Å². The Morgan fingerprint density at radius 1 is 1.20 bits per heavy atom. The van der Waals surface area contributed by atoms with E-state index >= 15 is 0 Å². The van der Waals surface area contributed by atoms with Crippen LogP contribution in [0.3, 0.4) is 0 Å². The molecule has 0 aliphatic rings. The van der Waals surface area contributed by atoms with Gasteiger partial charge in [-0.3, -0.25) is 0 Å². The highest BCUT2D eigenvalue weighted by Gasteiger charge is 2.08. The van der Waals surface area contributed by atoms with E-state index in [1.165, 1.54) is 11.1 Å². The zero-order chi connectivity index (χ0) is 14.5. The molecule has 0 bridgehead atoms. The van der Waals surface area contributed by atoms with E-state index in [1.54, 1.807) is 0 Å². The topological polar surface area (TPSA) is 48.7 Å². The zero-order valence-electron chi connectivity index (χ0n) is 12.2. The maximum atomic E-state index is 9.15. The highest BCUT2D eigenvalue weighted by molar-refractivity contribution is 5.68. The van der Waals surface area contributed by atoms with Crippen molar-refractivity contribution < 1.29 is 0 Å². The molecule has 20 heavy (non-hydrogen) atoms. The lowest BCUT2D eigenvalue weighted by Crippen LogP contribution is -2.05. The molecule has 0 amide bonds. The van der Waals surface area contributed by atoms with E-state index in [0.29, 0.717) is 11.4 Å². The van der Waals surface area contributed by atoms with Crippen LogP contribution < -0.4 is 5.32 Å². The van der Waals surface area contributed by atoms with Gasteiger partial charge in [0.1, 0.15) is 11.9 Å². The van der Waals surface area contributed by atoms with Crippen LogP contribution in [0.25, 0.3) is 11.3 Å². The summed E-state index contributed by atoms with van der Waals surface area (Å²) in [4.78, 5) is 4.62. The van der Waals surface area contributed by atoms with Gasteiger partial charge in [0.2, 0.25) is 0 Å². The van der Waals surface area contributed by atoms with Gasteiger partial charge in [-0.15, -0.1) is 0 Å². The molecular formula is C17H19N3. The number of aromatic nitrogens is 1. The molecule has 0 spiro atoms. The molecule has 3 heteroatoms. The van der Waals surface area contributed by atoms with Gasteiger partial charge in [0.15, 0.2) is 0 Å². The van der Waals surface area contributed by atoms with Crippen molar-refractivity contribution in [3.8, 4) is 17.3 Å². The van der Waals surface area contributed by atoms with Crippen molar-refractivity contribution in [1.29, 1.82) is 5.26 Å². The number of nitrogens with one attached hydrogen (secondary N) is 1. The fraction of sp³-hybridized carbons (Fsp3) is 0.294. The molecule has 0 fully saturated rings. The Labute approximate surface area is 120 Å². The van der Waals surface area contributed by atoms with Gasteiger partial charge in [-0.05, 0) is 44.0 Å². The number of nitriles is 1. The van der Waals surface area contributed by atoms with Gasteiger partial charge in [0.05, 0.1) is 11.3 Å². The summed E-state index contributed by atoms with van der Waals surface area (Å²) < 4.78 is 0. The van der Waals surface area contributed by atoms with Crippen LogP contribution in [-0.2, 0) is 0 Å². The van der Waals surface area contributed by atoms with E-state index in [1.807, 2.05) is 12.1 Å². The summed E-state index contributed by atoms with van der Waals surface area (Å²) in [5.74, 6) is 0.674. The number of anilines is 1. The number of rotatable bonds is 4. The minimum atomic E-state index is 0.590. The van der Waals surface area contributed by atoms with Crippen LogP contribution in [0.5, 0.6) is 0 Å². The number of hydrogen-bond donors (Lipinski definition) is 1. The number of benzene rings is 1. The van der Waals surface area contributed by atoms with Crippen molar-refractivity contribution in [1.82, 2.24) is 4.98 Å². The fourth-order valence-corrected chi connectivity index (χ4v) is 2.09. The Kier molecular flexibility index (Phi) is 4.37. The molecule has 0 aliphatic carbocycles. The second kappa shape index (κ2) is 6.21. The molecular weight excluding hydrogens is 246 g/mol. The number of aryl methyl sites for hydroxylation is 2. The fourth-order valence-electron chi connectivity index (χ4n) is 2.09. The van der Waals surface area contributed by atoms with Crippen molar-refractivity contribution >= 4 is 5.82 Å². The first kappa shape index (κ1) is 14.1. The Balaban J connectivity index is 2.47. The molecule has 2 rings (SSSR count). The minimum absolute atomic E-state index is 0.590. The van der Waals surface area contributed by atoms with Gasteiger partial charge in [0.25, 0.3) is 0 Å². The number of hydrogen-bond acceptors (Lipinski definition) is 3. The average molecular weight is 265 g/mol. The Morgan fingerprint density at radius 3 is 2.70 bits per heavy atom. The van der Waals surface area contributed by atoms with E-state index in [0.717, 1.165) is 24.2 Å². The largest absolute Gasteiger partial charge is 0.369 e. The van der Waals surface area contributed by atoms with Crippen LogP contribution in [0.4, 0.5) is 5.82 Å². The first-order valence-corrected chi connectivity index (χ1v) is 6.88. The maximum Gasteiger partial charge on any atom is 0.144 e. The van der Waals surface area contributed by atoms with E-state index in [2.05, 4.69) is 55.3 Å². The maximum absolute atomic E-state index is 9.15. The third-order valence-corrected chi connectivity index (χ3v) is 3.23. The molecule has 3 nitrogen and oxygen atoms in total. The van der Waals surface area contributed by atoms with Gasteiger partial charge in [-0.1, -0.05) is 24.6 Å². The van der Waals surface area contributed by atoms with Crippen LogP contribution in [0.1, 0.15) is 30.0 Å². The second-order valence-electron chi connectivity index (χ2n) is 4.95. The van der Waals surface area contributed by atoms with E-state index in [9.17, 15) is 0 Å². The molecule has 1 aromatic carbocycles. The van der Waals surface area contributed by atoms with E-state index in [4.69, 9.17) is 5.26 Å². The average Bonchev–Trinajstić information content (AvgIpc) is 2.47. The van der Waals surface area contributed by atoms with Crippen LogP contribution >= 0.6 is 0 Å². The molecule has 102 valence electrons. The standard InChI is InChI=1S/C17H19N3/c1-4-9-19-17-14(11-18)7-8-16(20-17)15-10-12(2)5-6-13(15)3/h5-8,10H,4,9H2,1-3H3,(H,19,20). The molecule has 0 atom stereocenters. The summed E-state index contributed by atoms with van der Waals surface area (Å²) in [7, 11) is 0. The minimum Gasteiger partial charge on any atom is -0.369 e.